The van der Waals surface area contributed by atoms with Crippen LogP contribution in [-0.4, -0.2) is 38.3 Å². The van der Waals surface area contributed by atoms with E-state index in [0.29, 0.717) is 37.4 Å². The Morgan fingerprint density at radius 2 is 1.81 bits per heavy atom. The number of hydrogen-bond acceptors (Lipinski definition) is 4. The van der Waals surface area contributed by atoms with E-state index in [-0.39, 0.29) is 5.91 Å². The molecular weight excluding hydrogens is 368 g/mol. The molecule has 0 radical (unpaired) electrons. The summed E-state index contributed by atoms with van der Waals surface area (Å²) in [5.74, 6) is 0.0109. The second-order valence-electron chi connectivity index (χ2n) is 6.46. The monoisotopic (exact) mass is 392 g/mol. The number of benzene rings is 1. The van der Waals surface area contributed by atoms with Crippen LogP contribution < -0.4 is 5.32 Å². The highest BCUT2D eigenvalue weighted by Crippen LogP contribution is 2.20. The van der Waals surface area contributed by atoms with E-state index >= 15 is 0 Å². The normalized spacial score (nSPS) is 15.7. The molecule has 1 aliphatic heterocycles. The Labute approximate surface area is 159 Å². The molecule has 1 N–H and O–H groups in total. The van der Waals surface area contributed by atoms with Crippen molar-refractivity contribution in [1.82, 2.24) is 9.62 Å². The molecule has 1 fully saturated rings. The molecule has 2 heterocycles. The summed E-state index contributed by atoms with van der Waals surface area (Å²) in [5, 5.41) is 4.87. The summed E-state index contributed by atoms with van der Waals surface area (Å²) in [6, 6.07) is 10.9. The standard InChI is InChI=1S/C19H24N2O3S2/c22-19(15-17-5-4-14-25-17)20-11-10-16-6-8-18(9-7-16)26(23,24)21-12-2-1-3-13-21/h4-9,14H,1-3,10-13,15H2,(H,20,22). The van der Waals surface area contributed by atoms with Gasteiger partial charge in [-0.25, -0.2) is 8.42 Å². The van der Waals surface area contributed by atoms with Gasteiger partial charge in [0.15, 0.2) is 0 Å². The largest absolute Gasteiger partial charge is 0.355 e. The first-order valence-electron chi connectivity index (χ1n) is 8.94. The summed E-state index contributed by atoms with van der Waals surface area (Å²) >= 11 is 1.57. The number of carbonyl (C=O) groups excluding carboxylic acids is 1. The van der Waals surface area contributed by atoms with E-state index < -0.39 is 10.0 Å². The molecule has 7 heteroatoms. The molecule has 3 rings (SSSR count). The van der Waals surface area contributed by atoms with Crippen molar-refractivity contribution < 1.29 is 13.2 Å². The van der Waals surface area contributed by atoms with Gasteiger partial charge in [-0.1, -0.05) is 24.6 Å². The van der Waals surface area contributed by atoms with Crippen LogP contribution in [-0.2, 0) is 27.7 Å². The van der Waals surface area contributed by atoms with Gasteiger partial charge in [0.05, 0.1) is 11.3 Å². The average molecular weight is 393 g/mol. The Morgan fingerprint density at radius 1 is 1.08 bits per heavy atom. The Kier molecular flexibility index (Phi) is 6.45. The maximum absolute atomic E-state index is 12.6. The number of hydrogen-bond donors (Lipinski definition) is 1. The summed E-state index contributed by atoms with van der Waals surface area (Å²) in [6.07, 6.45) is 4.05. The lowest BCUT2D eigenvalue weighted by atomic mass is 10.1. The topological polar surface area (TPSA) is 66.5 Å². The molecule has 0 saturated carbocycles. The van der Waals surface area contributed by atoms with E-state index in [4.69, 9.17) is 0 Å². The minimum atomic E-state index is -3.38. The molecule has 1 amide bonds. The first kappa shape index (κ1) is 19.1. The van der Waals surface area contributed by atoms with Gasteiger partial charge in [0.25, 0.3) is 0 Å². The molecule has 26 heavy (non-hydrogen) atoms. The van der Waals surface area contributed by atoms with Gasteiger partial charge in [-0.2, -0.15) is 4.31 Å². The highest BCUT2D eigenvalue weighted by molar-refractivity contribution is 7.89. The Hall–Kier alpha value is -1.70. The lowest BCUT2D eigenvalue weighted by molar-refractivity contribution is -0.120. The minimum absolute atomic E-state index is 0.0109. The van der Waals surface area contributed by atoms with Crippen molar-refractivity contribution in [1.29, 1.82) is 0 Å². The zero-order valence-electron chi connectivity index (χ0n) is 14.7. The number of thiophene rings is 1. The van der Waals surface area contributed by atoms with E-state index in [1.165, 1.54) is 0 Å². The van der Waals surface area contributed by atoms with Gasteiger partial charge in [-0.3, -0.25) is 4.79 Å². The van der Waals surface area contributed by atoms with E-state index in [0.717, 1.165) is 29.7 Å². The van der Waals surface area contributed by atoms with Crippen molar-refractivity contribution >= 4 is 27.3 Å². The Bertz CT molecular complexity index is 809. The maximum Gasteiger partial charge on any atom is 0.243 e. The van der Waals surface area contributed by atoms with Crippen LogP contribution in [0.3, 0.4) is 0 Å². The molecule has 0 spiro atoms. The molecular formula is C19H24N2O3S2. The number of rotatable bonds is 7. The highest BCUT2D eigenvalue weighted by Gasteiger charge is 2.25. The fraction of sp³-hybridized carbons (Fsp3) is 0.421. The van der Waals surface area contributed by atoms with Crippen LogP contribution in [0, 0.1) is 0 Å². The molecule has 1 saturated heterocycles. The molecule has 1 aromatic carbocycles. The first-order valence-corrected chi connectivity index (χ1v) is 11.3. The van der Waals surface area contributed by atoms with E-state index in [9.17, 15) is 13.2 Å². The zero-order valence-corrected chi connectivity index (χ0v) is 16.3. The number of nitrogens with one attached hydrogen (secondary N) is 1. The number of sulfonamides is 1. The van der Waals surface area contributed by atoms with E-state index in [1.54, 1.807) is 27.8 Å². The number of amides is 1. The third-order valence-electron chi connectivity index (χ3n) is 4.53. The van der Waals surface area contributed by atoms with Crippen molar-refractivity contribution in [3.8, 4) is 0 Å². The smallest absolute Gasteiger partial charge is 0.243 e. The predicted molar refractivity (Wildman–Crippen MR) is 104 cm³/mol. The van der Waals surface area contributed by atoms with Crippen LogP contribution in [0.4, 0.5) is 0 Å². The van der Waals surface area contributed by atoms with Gasteiger partial charge in [-0.15, -0.1) is 11.3 Å². The van der Waals surface area contributed by atoms with E-state index in [2.05, 4.69) is 5.32 Å². The molecule has 0 bridgehead atoms. The second-order valence-corrected chi connectivity index (χ2v) is 9.43. The molecule has 1 aromatic heterocycles. The Balaban J connectivity index is 1.50. The van der Waals surface area contributed by atoms with Crippen LogP contribution in [0.25, 0.3) is 0 Å². The van der Waals surface area contributed by atoms with Gasteiger partial charge in [-0.05, 0) is 48.4 Å². The van der Waals surface area contributed by atoms with Gasteiger partial charge in [0.1, 0.15) is 0 Å². The van der Waals surface area contributed by atoms with Crippen LogP contribution in [0.2, 0.25) is 0 Å². The van der Waals surface area contributed by atoms with Gasteiger partial charge < -0.3 is 5.32 Å². The summed E-state index contributed by atoms with van der Waals surface area (Å²) in [4.78, 5) is 13.3. The molecule has 0 atom stereocenters. The maximum atomic E-state index is 12.6. The molecule has 2 aromatic rings. The van der Waals surface area contributed by atoms with Crippen LogP contribution in [0.15, 0.2) is 46.7 Å². The highest BCUT2D eigenvalue weighted by atomic mass is 32.2. The summed E-state index contributed by atoms with van der Waals surface area (Å²) < 4.78 is 26.8. The van der Waals surface area contributed by atoms with Crippen molar-refractivity contribution in [3.05, 3.63) is 52.2 Å². The molecule has 0 aliphatic carbocycles. The van der Waals surface area contributed by atoms with Crippen LogP contribution >= 0.6 is 11.3 Å². The molecule has 5 nitrogen and oxygen atoms in total. The molecule has 0 unspecified atom stereocenters. The predicted octanol–water partition coefficient (Wildman–Crippen LogP) is 2.82. The van der Waals surface area contributed by atoms with E-state index in [1.807, 2.05) is 29.6 Å². The summed E-state index contributed by atoms with van der Waals surface area (Å²) in [5.41, 5.74) is 1.01. The lowest BCUT2D eigenvalue weighted by Gasteiger charge is -2.25. The van der Waals surface area contributed by atoms with Crippen molar-refractivity contribution in [3.63, 3.8) is 0 Å². The number of nitrogens with zero attached hydrogens (tertiary/aromatic N) is 1. The SMILES string of the molecule is O=C(Cc1cccs1)NCCc1ccc(S(=O)(=O)N2CCCCC2)cc1. The third kappa shape index (κ3) is 4.93. The fourth-order valence-corrected chi connectivity index (χ4v) is 5.28. The van der Waals surface area contributed by atoms with Gasteiger partial charge in [0.2, 0.25) is 15.9 Å². The van der Waals surface area contributed by atoms with Gasteiger partial charge in [0, 0.05) is 24.5 Å². The van der Waals surface area contributed by atoms with Gasteiger partial charge >= 0.3 is 0 Å². The number of piperidine rings is 1. The molecule has 1 aliphatic rings. The average Bonchev–Trinajstić information content (AvgIpc) is 3.16. The zero-order chi connectivity index (χ0) is 18.4. The van der Waals surface area contributed by atoms with Crippen molar-refractivity contribution in [2.45, 2.75) is 37.0 Å². The quantitative estimate of drug-likeness (QED) is 0.788. The second kappa shape index (κ2) is 8.79. The summed E-state index contributed by atoms with van der Waals surface area (Å²) in [7, 11) is -3.38. The fourth-order valence-electron chi connectivity index (χ4n) is 3.06. The van der Waals surface area contributed by atoms with Crippen LogP contribution in [0.1, 0.15) is 29.7 Å². The molecule has 140 valence electrons. The third-order valence-corrected chi connectivity index (χ3v) is 7.32. The Morgan fingerprint density at radius 3 is 2.46 bits per heavy atom. The summed E-state index contributed by atoms with van der Waals surface area (Å²) in [6.45, 7) is 1.77. The van der Waals surface area contributed by atoms with Crippen LogP contribution in [0.5, 0.6) is 0 Å². The first-order chi connectivity index (χ1) is 12.6. The minimum Gasteiger partial charge on any atom is -0.355 e. The van der Waals surface area contributed by atoms with Crippen molar-refractivity contribution in [2.24, 2.45) is 0 Å². The number of carbonyl (C=O) groups is 1. The lowest BCUT2D eigenvalue weighted by Crippen LogP contribution is -2.35. The van der Waals surface area contributed by atoms with Crippen molar-refractivity contribution in [2.75, 3.05) is 19.6 Å².